The summed E-state index contributed by atoms with van der Waals surface area (Å²) in [6.45, 7) is 7.53. The molecule has 2 heteroatoms. The van der Waals surface area contributed by atoms with Gasteiger partial charge in [0.1, 0.15) is 6.10 Å². The van der Waals surface area contributed by atoms with Gasteiger partial charge in [-0.05, 0) is 12.8 Å². The minimum Gasteiger partial charge on any atom is -0.458 e. The summed E-state index contributed by atoms with van der Waals surface area (Å²) in [5.41, 5.74) is 0. The third-order valence-corrected chi connectivity index (χ3v) is 1.68. The zero-order valence-electron chi connectivity index (χ0n) is 8.01. The number of rotatable bonds is 6. The van der Waals surface area contributed by atoms with E-state index in [1.807, 2.05) is 0 Å². The fourth-order valence-corrected chi connectivity index (χ4v) is 0.882. The summed E-state index contributed by atoms with van der Waals surface area (Å²) in [6.07, 6.45) is 5.14. The fourth-order valence-electron chi connectivity index (χ4n) is 0.882. The van der Waals surface area contributed by atoms with Crippen molar-refractivity contribution in [2.45, 2.75) is 45.6 Å². The second kappa shape index (κ2) is 6.89. The molecular weight excluding hydrogens is 152 g/mol. The van der Waals surface area contributed by atoms with E-state index in [0.717, 1.165) is 19.3 Å². The van der Waals surface area contributed by atoms with Gasteiger partial charge in [0.05, 0.1) is 0 Å². The van der Waals surface area contributed by atoms with Crippen LogP contribution < -0.4 is 0 Å². The molecule has 0 rings (SSSR count). The van der Waals surface area contributed by atoms with Gasteiger partial charge in [-0.3, -0.25) is 4.79 Å². The first-order chi connectivity index (χ1) is 5.74. The van der Waals surface area contributed by atoms with E-state index in [4.69, 9.17) is 4.74 Å². The third kappa shape index (κ3) is 4.94. The molecule has 0 heterocycles. The van der Waals surface area contributed by atoms with Gasteiger partial charge in [0.15, 0.2) is 0 Å². The summed E-state index contributed by atoms with van der Waals surface area (Å²) in [4.78, 5) is 10.9. The number of esters is 1. The predicted octanol–water partition coefficient (Wildman–Crippen LogP) is 2.68. The predicted molar refractivity (Wildman–Crippen MR) is 49.9 cm³/mol. The maximum atomic E-state index is 10.9. The Morgan fingerprint density at radius 3 is 2.67 bits per heavy atom. The van der Waals surface area contributed by atoms with Crippen molar-refractivity contribution in [1.82, 2.24) is 0 Å². The molecule has 0 aromatic heterocycles. The maximum absolute atomic E-state index is 10.9. The van der Waals surface area contributed by atoms with Crippen molar-refractivity contribution in [3.8, 4) is 0 Å². The van der Waals surface area contributed by atoms with Gasteiger partial charge >= 0.3 is 5.97 Å². The average molecular weight is 170 g/mol. The Hall–Kier alpha value is -0.790. The molecule has 0 aliphatic carbocycles. The van der Waals surface area contributed by atoms with Crippen LogP contribution in [-0.4, -0.2) is 12.1 Å². The summed E-state index contributed by atoms with van der Waals surface area (Å²) in [6, 6.07) is 0. The third-order valence-electron chi connectivity index (χ3n) is 1.68. The minimum atomic E-state index is -0.143. The first-order valence-corrected chi connectivity index (χ1v) is 4.56. The summed E-state index contributed by atoms with van der Waals surface area (Å²) in [5.74, 6) is -0.143. The molecule has 0 spiro atoms. The molecular formula is C10H18O2. The summed E-state index contributed by atoms with van der Waals surface area (Å²) < 4.78 is 5.09. The lowest BCUT2D eigenvalue weighted by Crippen LogP contribution is -2.14. The van der Waals surface area contributed by atoms with Crippen LogP contribution in [0.2, 0.25) is 0 Å². The molecule has 0 saturated carbocycles. The van der Waals surface area contributed by atoms with Crippen molar-refractivity contribution >= 4 is 5.97 Å². The van der Waals surface area contributed by atoms with E-state index in [1.54, 1.807) is 13.0 Å². The van der Waals surface area contributed by atoms with Crippen LogP contribution in [0.25, 0.3) is 0 Å². The minimum absolute atomic E-state index is 0.0857. The highest BCUT2D eigenvalue weighted by atomic mass is 16.5. The normalized spacial score (nSPS) is 12.2. The SMILES string of the molecule is C=CC(CCCC)OC(=O)CC. The highest BCUT2D eigenvalue weighted by molar-refractivity contribution is 5.69. The van der Waals surface area contributed by atoms with Crippen LogP contribution in [0.15, 0.2) is 12.7 Å². The molecule has 0 aliphatic heterocycles. The molecule has 0 fully saturated rings. The molecule has 12 heavy (non-hydrogen) atoms. The standard InChI is InChI=1S/C10H18O2/c1-4-7-8-9(5-2)12-10(11)6-3/h5,9H,2,4,6-8H2,1,3H3. The van der Waals surface area contributed by atoms with Gasteiger partial charge in [0.2, 0.25) is 0 Å². The summed E-state index contributed by atoms with van der Waals surface area (Å²) in [5, 5.41) is 0. The van der Waals surface area contributed by atoms with E-state index in [9.17, 15) is 4.79 Å². The molecule has 0 bridgehead atoms. The summed E-state index contributed by atoms with van der Waals surface area (Å²) >= 11 is 0. The molecule has 70 valence electrons. The number of ether oxygens (including phenoxy) is 1. The van der Waals surface area contributed by atoms with Crippen molar-refractivity contribution in [2.24, 2.45) is 0 Å². The molecule has 0 aromatic carbocycles. The number of unbranched alkanes of at least 4 members (excludes halogenated alkanes) is 1. The van der Waals surface area contributed by atoms with E-state index in [0.29, 0.717) is 6.42 Å². The van der Waals surface area contributed by atoms with Crippen LogP contribution in [0, 0.1) is 0 Å². The Labute approximate surface area is 74.6 Å². The van der Waals surface area contributed by atoms with Crippen LogP contribution >= 0.6 is 0 Å². The molecule has 1 atom stereocenters. The second-order valence-electron chi connectivity index (χ2n) is 2.76. The maximum Gasteiger partial charge on any atom is 0.306 e. The van der Waals surface area contributed by atoms with Gasteiger partial charge in [-0.1, -0.05) is 32.9 Å². The lowest BCUT2D eigenvalue weighted by atomic mass is 10.1. The van der Waals surface area contributed by atoms with Crippen LogP contribution in [0.5, 0.6) is 0 Å². The average Bonchev–Trinajstić information content (AvgIpc) is 2.11. The zero-order chi connectivity index (χ0) is 9.40. The lowest BCUT2D eigenvalue weighted by Gasteiger charge is -2.12. The molecule has 0 N–H and O–H groups in total. The number of hydrogen-bond acceptors (Lipinski definition) is 2. The number of carbonyl (C=O) groups excluding carboxylic acids is 1. The van der Waals surface area contributed by atoms with Crippen molar-refractivity contribution in [2.75, 3.05) is 0 Å². The largest absolute Gasteiger partial charge is 0.458 e. The molecule has 0 radical (unpaired) electrons. The van der Waals surface area contributed by atoms with Crippen molar-refractivity contribution in [1.29, 1.82) is 0 Å². The van der Waals surface area contributed by atoms with Crippen molar-refractivity contribution in [3.05, 3.63) is 12.7 Å². The van der Waals surface area contributed by atoms with Gasteiger partial charge < -0.3 is 4.74 Å². The fraction of sp³-hybridized carbons (Fsp3) is 0.700. The Morgan fingerprint density at radius 1 is 1.58 bits per heavy atom. The number of carbonyl (C=O) groups is 1. The van der Waals surface area contributed by atoms with E-state index in [2.05, 4.69) is 13.5 Å². The molecule has 0 amide bonds. The Bertz CT molecular complexity index is 141. The highest BCUT2D eigenvalue weighted by Crippen LogP contribution is 2.06. The van der Waals surface area contributed by atoms with Crippen LogP contribution in [-0.2, 0) is 9.53 Å². The van der Waals surface area contributed by atoms with Gasteiger partial charge in [0, 0.05) is 6.42 Å². The molecule has 1 unspecified atom stereocenters. The molecule has 0 aliphatic rings. The Kier molecular flexibility index (Phi) is 6.44. The van der Waals surface area contributed by atoms with Crippen LogP contribution in [0.1, 0.15) is 39.5 Å². The Balaban J connectivity index is 3.66. The van der Waals surface area contributed by atoms with Crippen LogP contribution in [0.4, 0.5) is 0 Å². The molecule has 0 saturated heterocycles. The monoisotopic (exact) mass is 170 g/mol. The first-order valence-electron chi connectivity index (χ1n) is 4.56. The van der Waals surface area contributed by atoms with Gasteiger partial charge in [-0.15, -0.1) is 0 Å². The zero-order valence-corrected chi connectivity index (χ0v) is 8.01. The molecule has 2 nitrogen and oxygen atoms in total. The van der Waals surface area contributed by atoms with Gasteiger partial charge in [-0.25, -0.2) is 0 Å². The van der Waals surface area contributed by atoms with E-state index in [1.165, 1.54) is 0 Å². The van der Waals surface area contributed by atoms with Crippen molar-refractivity contribution < 1.29 is 9.53 Å². The Morgan fingerprint density at radius 2 is 2.25 bits per heavy atom. The van der Waals surface area contributed by atoms with Crippen molar-refractivity contribution in [3.63, 3.8) is 0 Å². The first kappa shape index (κ1) is 11.2. The van der Waals surface area contributed by atoms with E-state index < -0.39 is 0 Å². The quantitative estimate of drug-likeness (QED) is 0.452. The van der Waals surface area contributed by atoms with Gasteiger partial charge in [0.25, 0.3) is 0 Å². The highest BCUT2D eigenvalue weighted by Gasteiger charge is 2.07. The number of hydrogen-bond donors (Lipinski definition) is 0. The van der Waals surface area contributed by atoms with E-state index in [-0.39, 0.29) is 12.1 Å². The van der Waals surface area contributed by atoms with Crippen LogP contribution in [0.3, 0.4) is 0 Å². The topological polar surface area (TPSA) is 26.3 Å². The molecule has 0 aromatic rings. The smallest absolute Gasteiger partial charge is 0.306 e. The second-order valence-corrected chi connectivity index (χ2v) is 2.76. The van der Waals surface area contributed by atoms with Gasteiger partial charge in [-0.2, -0.15) is 0 Å². The summed E-state index contributed by atoms with van der Waals surface area (Å²) in [7, 11) is 0. The van der Waals surface area contributed by atoms with E-state index >= 15 is 0 Å². The lowest BCUT2D eigenvalue weighted by molar-refractivity contribution is -0.146.